The van der Waals surface area contributed by atoms with Gasteiger partial charge < -0.3 is 10.6 Å². The summed E-state index contributed by atoms with van der Waals surface area (Å²) < 4.78 is 8.51. The van der Waals surface area contributed by atoms with Gasteiger partial charge >= 0.3 is 0 Å². The highest BCUT2D eigenvalue weighted by molar-refractivity contribution is 8.93. The lowest BCUT2D eigenvalue weighted by Crippen LogP contribution is -2.21. The van der Waals surface area contributed by atoms with E-state index in [0.717, 1.165) is 29.0 Å². The maximum Gasteiger partial charge on any atom is 0.151 e. The first-order valence-electron chi connectivity index (χ1n) is 5.07. The first-order valence-corrected chi connectivity index (χ1v) is 6.79. The summed E-state index contributed by atoms with van der Waals surface area (Å²) in [5, 5.41) is 7.31. The van der Waals surface area contributed by atoms with E-state index in [2.05, 4.69) is 13.6 Å². The van der Waals surface area contributed by atoms with E-state index in [9.17, 15) is 0 Å². The summed E-state index contributed by atoms with van der Waals surface area (Å²) in [6.07, 6.45) is 0. The first kappa shape index (κ1) is 15.2. The molecule has 0 bridgehead atoms. The highest BCUT2D eigenvalue weighted by Gasteiger charge is 2.08. The first-order chi connectivity index (χ1) is 8.18. The van der Waals surface area contributed by atoms with Gasteiger partial charge in [0.25, 0.3) is 0 Å². The lowest BCUT2D eigenvalue weighted by atomic mass is 10.2. The Hall–Kier alpha value is -0.860. The van der Waals surface area contributed by atoms with Crippen molar-refractivity contribution in [1.82, 2.24) is 8.75 Å². The number of fused-ring (bicyclic) bond motifs is 1. The number of amidine groups is 1. The molecular weight excluding hydrogens is 334 g/mol. The maximum absolute atomic E-state index is 7.15. The van der Waals surface area contributed by atoms with Crippen LogP contribution in [0, 0.1) is 5.41 Å². The molecule has 98 valence electrons. The molecule has 0 amide bonds. The van der Waals surface area contributed by atoms with E-state index in [1.165, 1.54) is 23.5 Å². The summed E-state index contributed by atoms with van der Waals surface area (Å²) in [7, 11) is 2.01. The third kappa shape index (κ3) is 3.56. The predicted molar refractivity (Wildman–Crippen MR) is 85.4 cm³/mol. The lowest BCUT2D eigenvalue weighted by Gasteiger charge is -2.18. The molecular formula is C10H14BrN5S2. The standard InChI is InChI=1S/C10H13N5S2.BrH/c1-15(5-6-16-10(11)12)8-4-2-3-7-9(8)14-17-13-7;/h2-4H,5-6H2,1H3,(H3,11,12);1H. The fraction of sp³-hybridized carbons (Fsp3) is 0.300. The number of aromatic nitrogens is 2. The molecule has 0 aliphatic heterocycles. The monoisotopic (exact) mass is 347 g/mol. The second-order valence-electron chi connectivity index (χ2n) is 3.54. The van der Waals surface area contributed by atoms with Crippen molar-refractivity contribution in [3.05, 3.63) is 18.2 Å². The quantitative estimate of drug-likeness (QED) is 0.655. The zero-order chi connectivity index (χ0) is 12.3. The molecule has 0 unspecified atom stereocenters. The molecule has 2 aromatic rings. The van der Waals surface area contributed by atoms with Crippen LogP contribution < -0.4 is 10.6 Å². The van der Waals surface area contributed by atoms with E-state index in [-0.39, 0.29) is 22.1 Å². The molecule has 5 nitrogen and oxygen atoms in total. The van der Waals surface area contributed by atoms with E-state index < -0.39 is 0 Å². The van der Waals surface area contributed by atoms with Crippen molar-refractivity contribution < 1.29 is 0 Å². The van der Waals surface area contributed by atoms with E-state index >= 15 is 0 Å². The van der Waals surface area contributed by atoms with E-state index in [4.69, 9.17) is 11.1 Å². The second kappa shape index (κ2) is 6.91. The van der Waals surface area contributed by atoms with Gasteiger partial charge in [0, 0.05) is 19.3 Å². The van der Waals surface area contributed by atoms with Gasteiger partial charge in [-0.15, -0.1) is 17.0 Å². The van der Waals surface area contributed by atoms with Gasteiger partial charge in [-0.25, -0.2) is 0 Å². The fourth-order valence-electron chi connectivity index (χ4n) is 1.51. The van der Waals surface area contributed by atoms with Crippen LogP contribution in [0.5, 0.6) is 0 Å². The molecule has 8 heteroatoms. The fourth-order valence-corrected chi connectivity index (χ4v) is 2.64. The molecule has 0 radical (unpaired) electrons. The van der Waals surface area contributed by atoms with Crippen LogP contribution in [0.1, 0.15) is 0 Å². The molecule has 2 rings (SSSR count). The molecule has 3 N–H and O–H groups in total. The summed E-state index contributed by atoms with van der Waals surface area (Å²) in [5.74, 6) is 0.791. The molecule has 0 aliphatic rings. The van der Waals surface area contributed by atoms with Crippen LogP contribution in [0.4, 0.5) is 5.69 Å². The highest BCUT2D eigenvalue weighted by atomic mass is 79.9. The summed E-state index contributed by atoms with van der Waals surface area (Å²) in [6, 6.07) is 5.97. The van der Waals surface area contributed by atoms with E-state index in [1.807, 2.05) is 25.2 Å². The van der Waals surface area contributed by atoms with Crippen LogP contribution in [0.15, 0.2) is 18.2 Å². The van der Waals surface area contributed by atoms with Crippen LogP contribution in [-0.2, 0) is 0 Å². The number of benzene rings is 1. The van der Waals surface area contributed by atoms with Gasteiger partial charge in [0.05, 0.1) is 17.4 Å². The van der Waals surface area contributed by atoms with Crippen LogP contribution in [0.2, 0.25) is 0 Å². The summed E-state index contributed by atoms with van der Waals surface area (Å²) in [4.78, 5) is 2.11. The molecule has 0 saturated carbocycles. The summed E-state index contributed by atoms with van der Waals surface area (Å²) in [6.45, 7) is 0.820. The minimum Gasteiger partial charge on any atom is -0.379 e. The van der Waals surface area contributed by atoms with Gasteiger partial charge in [0.1, 0.15) is 11.0 Å². The number of rotatable bonds is 4. The van der Waals surface area contributed by atoms with E-state index in [0.29, 0.717) is 0 Å². The van der Waals surface area contributed by atoms with Gasteiger partial charge in [0.2, 0.25) is 0 Å². The molecule has 1 aromatic carbocycles. The van der Waals surface area contributed by atoms with Gasteiger partial charge in [-0.05, 0) is 12.1 Å². The molecule has 1 heterocycles. The minimum atomic E-state index is 0. The molecule has 0 atom stereocenters. The van der Waals surface area contributed by atoms with Gasteiger partial charge in [-0.3, -0.25) is 5.41 Å². The highest BCUT2D eigenvalue weighted by Crippen LogP contribution is 2.24. The molecule has 0 fully saturated rings. The van der Waals surface area contributed by atoms with Crippen LogP contribution >= 0.6 is 40.5 Å². The van der Waals surface area contributed by atoms with Gasteiger partial charge in [-0.1, -0.05) is 17.8 Å². The van der Waals surface area contributed by atoms with Crippen LogP contribution in [0.25, 0.3) is 11.0 Å². The number of anilines is 1. The van der Waals surface area contributed by atoms with Crippen molar-refractivity contribution in [3.8, 4) is 0 Å². The smallest absolute Gasteiger partial charge is 0.151 e. The normalized spacial score (nSPS) is 10.1. The van der Waals surface area contributed by atoms with Crippen molar-refractivity contribution in [2.45, 2.75) is 0 Å². The summed E-state index contributed by atoms with van der Waals surface area (Å²) in [5.41, 5.74) is 8.24. The topological polar surface area (TPSA) is 78.9 Å². The Balaban J connectivity index is 0.00000162. The van der Waals surface area contributed by atoms with Crippen molar-refractivity contribution in [2.75, 3.05) is 24.2 Å². The van der Waals surface area contributed by atoms with Gasteiger partial charge in [0.15, 0.2) is 5.17 Å². The third-order valence-corrected chi connectivity index (χ3v) is 3.60. The maximum atomic E-state index is 7.15. The second-order valence-corrected chi connectivity index (χ2v) is 5.21. The molecule has 1 aromatic heterocycles. The third-order valence-electron chi connectivity index (χ3n) is 2.36. The Morgan fingerprint density at radius 2 is 2.28 bits per heavy atom. The Kier molecular flexibility index (Phi) is 5.83. The van der Waals surface area contributed by atoms with Gasteiger partial charge in [-0.2, -0.15) is 8.75 Å². The van der Waals surface area contributed by atoms with Crippen molar-refractivity contribution >= 4 is 62.4 Å². The zero-order valence-corrected chi connectivity index (χ0v) is 13.1. The number of halogens is 1. The average Bonchev–Trinajstić information content (AvgIpc) is 2.75. The number of nitrogens with zero attached hydrogens (tertiary/aromatic N) is 3. The predicted octanol–water partition coefficient (Wildman–Crippen LogP) is 2.33. The Labute approximate surface area is 124 Å². The molecule has 18 heavy (non-hydrogen) atoms. The molecule has 0 aliphatic carbocycles. The number of hydrogen-bond acceptors (Lipinski definition) is 6. The zero-order valence-electron chi connectivity index (χ0n) is 9.79. The number of nitrogens with two attached hydrogens (primary N) is 1. The minimum absolute atomic E-state index is 0. The van der Waals surface area contributed by atoms with E-state index in [1.54, 1.807) is 0 Å². The molecule has 0 spiro atoms. The lowest BCUT2D eigenvalue weighted by molar-refractivity contribution is 0.983. The number of nitrogens with one attached hydrogen (secondary N) is 1. The van der Waals surface area contributed by atoms with Crippen molar-refractivity contribution in [1.29, 1.82) is 5.41 Å². The van der Waals surface area contributed by atoms with Crippen molar-refractivity contribution in [2.24, 2.45) is 5.73 Å². The average molecular weight is 348 g/mol. The number of hydrogen-bond donors (Lipinski definition) is 2. The largest absolute Gasteiger partial charge is 0.379 e. The van der Waals surface area contributed by atoms with Crippen LogP contribution in [0.3, 0.4) is 0 Å². The van der Waals surface area contributed by atoms with Crippen molar-refractivity contribution in [3.63, 3.8) is 0 Å². The SMILES string of the molecule is Br.CN(CCSC(=N)N)c1cccc2nsnc12. The summed E-state index contributed by atoms with van der Waals surface area (Å²) >= 11 is 2.57. The van der Waals surface area contributed by atoms with Crippen LogP contribution in [-0.4, -0.2) is 33.3 Å². The number of thioether (sulfide) groups is 1. The molecule has 0 saturated heterocycles. The Morgan fingerprint density at radius 3 is 3.00 bits per heavy atom. The Morgan fingerprint density at radius 1 is 1.50 bits per heavy atom. The Bertz CT molecular complexity index is 530.